The van der Waals surface area contributed by atoms with Gasteiger partial charge in [-0.2, -0.15) is 0 Å². The highest BCUT2D eigenvalue weighted by Crippen LogP contribution is 2.21. The molecule has 0 aliphatic heterocycles. The summed E-state index contributed by atoms with van der Waals surface area (Å²) in [6.45, 7) is 0. The number of hydrogen-bond donors (Lipinski definition) is 2. The topological polar surface area (TPSA) is 74.8 Å². The molecule has 0 radical (unpaired) electrons. The van der Waals surface area contributed by atoms with Gasteiger partial charge < -0.3 is 10.3 Å². The van der Waals surface area contributed by atoms with Crippen LogP contribution in [0.5, 0.6) is 0 Å². The highest BCUT2D eigenvalue weighted by molar-refractivity contribution is 6.50. The Labute approximate surface area is 153 Å². The van der Waals surface area contributed by atoms with Crippen molar-refractivity contribution in [3.63, 3.8) is 0 Å². The molecule has 1 amide bonds. The van der Waals surface area contributed by atoms with E-state index in [9.17, 15) is 9.59 Å². The van der Waals surface area contributed by atoms with E-state index < -0.39 is 0 Å². The van der Waals surface area contributed by atoms with Crippen molar-refractivity contribution in [3.05, 3.63) is 74.8 Å². The lowest BCUT2D eigenvalue weighted by molar-refractivity contribution is 0.0963. The SMILES string of the molecule is CNC(=O)c1ccc(/C=C(\Cl)c2nc3ccc(Cl)cc3c(=O)[nH]2)cc1. The van der Waals surface area contributed by atoms with Crippen LogP contribution in [-0.2, 0) is 0 Å². The first-order chi connectivity index (χ1) is 12.0. The van der Waals surface area contributed by atoms with Gasteiger partial charge in [0.15, 0.2) is 5.82 Å². The number of carbonyl (C=O) groups is 1. The van der Waals surface area contributed by atoms with Gasteiger partial charge in [-0.25, -0.2) is 4.98 Å². The number of halogens is 2. The Balaban J connectivity index is 1.97. The number of nitrogens with one attached hydrogen (secondary N) is 2. The van der Waals surface area contributed by atoms with Gasteiger partial charge in [0.25, 0.3) is 11.5 Å². The molecule has 0 aliphatic carbocycles. The molecule has 25 heavy (non-hydrogen) atoms. The molecular formula is C18H13Cl2N3O2. The lowest BCUT2D eigenvalue weighted by Gasteiger charge is -2.03. The normalized spacial score (nSPS) is 11.6. The lowest BCUT2D eigenvalue weighted by Crippen LogP contribution is -2.17. The third-order valence-corrected chi connectivity index (χ3v) is 4.11. The largest absolute Gasteiger partial charge is 0.355 e. The number of amides is 1. The first kappa shape index (κ1) is 17.2. The predicted octanol–water partition coefficient (Wildman–Crippen LogP) is 3.67. The average Bonchev–Trinajstić information content (AvgIpc) is 2.62. The molecule has 0 bridgehead atoms. The molecule has 0 aliphatic rings. The lowest BCUT2D eigenvalue weighted by atomic mass is 10.1. The van der Waals surface area contributed by atoms with Gasteiger partial charge in [-0.3, -0.25) is 9.59 Å². The van der Waals surface area contributed by atoms with Crippen molar-refractivity contribution in [2.24, 2.45) is 0 Å². The van der Waals surface area contributed by atoms with E-state index in [1.54, 1.807) is 55.6 Å². The first-order valence-electron chi connectivity index (χ1n) is 7.37. The summed E-state index contributed by atoms with van der Waals surface area (Å²) >= 11 is 12.2. The maximum absolute atomic E-state index is 12.2. The number of nitrogens with zero attached hydrogens (tertiary/aromatic N) is 1. The Morgan fingerprint density at radius 3 is 2.60 bits per heavy atom. The van der Waals surface area contributed by atoms with Gasteiger partial charge in [0.2, 0.25) is 0 Å². The van der Waals surface area contributed by atoms with E-state index in [0.717, 1.165) is 5.56 Å². The third-order valence-electron chi connectivity index (χ3n) is 3.59. The van der Waals surface area contributed by atoms with E-state index in [1.807, 2.05) is 0 Å². The zero-order valence-corrected chi connectivity index (χ0v) is 14.7. The Hall–Kier alpha value is -2.63. The molecule has 0 fully saturated rings. The molecular weight excluding hydrogens is 361 g/mol. The molecule has 0 saturated heterocycles. The number of aromatic amines is 1. The van der Waals surface area contributed by atoms with Crippen LogP contribution in [-0.4, -0.2) is 22.9 Å². The summed E-state index contributed by atoms with van der Waals surface area (Å²) in [5, 5.41) is 3.70. The van der Waals surface area contributed by atoms with E-state index >= 15 is 0 Å². The van der Waals surface area contributed by atoms with E-state index in [4.69, 9.17) is 23.2 Å². The van der Waals surface area contributed by atoms with Gasteiger partial charge in [-0.05, 0) is 42.0 Å². The van der Waals surface area contributed by atoms with Gasteiger partial charge >= 0.3 is 0 Å². The third kappa shape index (κ3) is 3.73. The monoisotopic (exact) mass is 373 g/mol. The van der Waals surface area contributed by atoms with Gasteiger partial charge in [0.1, 0.15) is 0 Å². The highest BCUT2D eigenvalue weighted by Gasteiger charge is 2.08. The van der Waals surface area contributed by atoms with Gasteiger partial charge in [0.05, 0.1) is 15.9 Å². The van der Waals surface area contributed by atoms with E-state index in [2.05, 4.69) is 15.3 Å². The van der Waals surface area contributed by atoms with Crippen molar-refractivity contribution in [3.8, 4) is 0 Å². The van der Waals surface area contributed by atoms with Crippen molar-refractivity contribution >= 4 is 51.1 Å². The Morgan fingerprint density at radius 2 is 1.92 bits per heavy atom. The Bertz CT molecular complexity index is 1040. The fourth-order valence-electron chi connectivity index (χ4n) is 2.31. The fourth-order valence-corrected chi connectivity index (χ4v) is 2.70. The Morgan fingerprint density at radius 1 is 1.20 bits per heavy atom. The zero-order chi connectivity index (χ0) is 18.0. The summed E-state index contributed by atoms with van der Waals surface area (Å²) in [5.74, 6) is 0.0951. The quantitative estimate of drug-likeness (QED) is 0.735. The number of carbonyl (C=O) groups excluding carboxylic acids is 1. The van der Waals surface area contributed by atoms with Crippen LogP contribution in [0, 0.1) is 0 Å². The van der Waals surface area contributed by atoms with Crippen molar-refractivity contribution < 1.29 is 4.79 Å². The second-order valence-corrected chi connectivity index (χ2v) is 6.11. The maximum atomic E-state index is 12.2. The van der Waals surface area contributed by atoms with Gasteiger partial charge in [-0.1, -0.05) is 35.3 Å². The van der Waals surface area contributed by atoms with Crippen LogP contribution < -0.4 is 10.9 Å². The molecule has 2 N–H and O–H groups in total. The maximum Gasteiger partial charge on any atom is 0.259 e. The summed E-state index contributed by atoms with van der Waals surface area (Å²) in [7, 11) is 1.57. The molecule has 3 rings (SSSR count). The van der Waals surface area contributed by atoms with Crippen LogP contribution in [0.25, 0.3) is 22.0 Å². The molecule has 1 aromatic heterocycles. The van der Waals surface area contributed by atoms with E-state index in [-0.39, 0.29) is 22.3 Å². The summed E-state index contributed by atoms with van der Waals surface area (Å²) < 4.78 is 0. The molecule has 3 aromatic rings. The first-order valence-corrected chi connectivity index (χ1v) is 8.13. The molecule has 0 saturated carbocycles. The minimum absolute atomic E-state index is 0.166. The van der Waals surface area contributed by atoms with Crippen LogP contribution in [0.2, 0.25) is 5.02 Å². The van der Waals surface area contributed by atoms with Crippen LogP contribution in [0.1, 0.15) is 21.7 Å². The molecule has 126 valence electrons. The van der Waals surface area contributed by atoms with E-state index in [0.29, 0.717) is 21.5 Å². The number of hydrogen-bond acceptors (Lipinski definition) is 3. The molecule has 1 heterocycles. The molecule has 7 heteroatoms. The number of aromatic nitrogens is 2. The van der Waals surface area contributed by atoms with Crippen molar-refractivity contribution in [2.45, 2.75) is 0 Å². The van der Waals surface area contributed by atoms with Crippen LogP contribution in [0.15, 0.2) is 47.3 Å². The smallest absolute Gasteiger partial charge is 0.259 e. The highest BCUT2D eigenvalue weighted by atomic mass is 35.5. The summed E-state index contributed by atoms with van der Waals surface area (Å²) in [4.78, 5) is 30.7. The number of benzene rings is 2. The van der Waals surface area contributed by atoms with Crippen LogP contribution in [0.3, 0.4) is 0 Å². The minimum Gasteiger partial charge on any atom is -0.355 e. The van der Waals surface area contributed by atoms with Gasteiger partial charge in [-0.15, -0.1) is 0 Å². The van der Waals surface area contributed by atoms with Crippen molar-refractivity contribution in [1.82, 2.24) is 15.3 Å². The minimum atomic E-state index is -0.316. The van der Waals surface area contributed by atoms with Crippen LogP contribution >= 0.6 is 23.2 Å². The molecule has 2 aromatic carbocycles. The number of H-pyrrole nitrogens is 1. The summed E-state index contributed by atoms with van der Waals surface area (Å²) in [6, 6.07) is 11.8. The number of rotatable bonds is 3. The molecule has 5 nitrogen and oxygen atoms in total. The molecule has 0 unspecified atom stereocenters. The Kier molecular flexibility index (Phi) is 4.88. The fraction of sp³-hybridized carbons (Fsp3) is 0.0556. The van der Waals surface area contributed by atoms with Crippen LogP contribution in [0.4, 0.5) is 0 Å². The number of fused-ring (bicyclic) bond motifs is 1. The van der Waals surface area contributed by atoms with Gasteiger partial charge in [0, 0.05) is 17.6 Å². The second-order valence-electron chi connectivity index (χ2n) is 5.27. The summed E-state index contributed by atoms with van der Waals surface area (Å²) in [6.07, 6.45) is 1.66. The molecule has 0 spiro atoms. The second kappa shape index (κ2) is 7.09. The molecule has 0 atom stereocenters. The standard InChI is InChI=1S/C18H13Cl2N3O2/c1-21-17(24)11-4-2-10(3-5-11)8-14(20)16-22-15-7-6-12(19)9-13(15)18(25)23-16/h2-9H,1H3,(H,21,24)(H,22,23,25)/b14-8-. The van der Waals surface area contributed by atoms with Crippen molar-refractivity contribution in [1.29, 1.82) is 0 Å². The zero-order valence-electron chi connectivity index (χ0n) is 13.1. The predicted molar refractivity (Wildman–Crippen MR) is 101 cm³/mol. The summed E-state index contributed by atoms with van der Waals surface area (Å²) in [5.41, 5.74) is 1.51. The van der Waals surface area contributed by atoms with E-state index in [1.165, 1.54) is 0 Å². The average molecular weight is 374 g/mol. The van der Waals surface area contributed by atoms with Crippen molar-refractivity contribution in [2.75, 3.05) is 7.05 Å².